The minimum Gasteiger partial charge on any atom is -0.459 e. The number of nitrogens with two attached hydrogens (primary N) is 1. The van der Waals surface area contributed by atoms with Gasteiger partial charge in [-0.3, -0.25) is 4.79 Å². The van der Waals surface area contributed by atoms with Crippen LogP contribution in [-0.4, -0.2) is 21.0 Å². The van der Waals surface area contributed by atoms with E-state index in [0.29, 0.717) is 17.3 Å². The first-order valence-corrected chi connectivity index (χ1v) is 6.04. The summed E-state index contributed by atoms with van der Waals surface area (Å²) in [7, 11) is 0. The van der Waals surface area contributed by atoms with E-state index in [1.165, 1.54) is 4.68 Å². The Morgan fingerprint density at radius 2 is 2.11 bits per heavy atom. The molecule has 0 saturated heterocycles. The maximum absolute atomic E-state index is 11.6. The van der Waals surface area contributed by atoms with Gasteiger partial charge in [-0.1, -0.05) is 28.9 Å². The molecule has 2 rings (SSSR count). The zero-order valence-corrected chi connectivity index (χ0v) is 10.9. The summed E-state index contributed by atoms with van der Waals surface area (Å²) < 4.78 is 6.51. The number of hydrogen-bond acceptors (Lipinski definition) is 5. The standard InChI is InChI=1S/C12H13ClN4O2/c13-10-3-1-9(2-4-10)8-19-12(18)7-17-6-11(5-14)15-16-17/h1-4,6H,5,7-8,14H2. The molecule has 0 atom stereocenters. The fourth-order valence-corrected chi connectivity index (χ4v) is 1.56. The van der Waals surface area contributed by atoms with Crippen molar-refractivity contribution < 1.29 is 9.53 Å². The summed E-state index contributed by atoms with van der Waals surface area (Å²) >= 11 is 5.76. The first kappa shape index (κ1) is 13.5. The lowest BCUT2D eigenvalue weighted by atomic mass is 10.2. The van der Waals surface area contributed by atoms with E-state index in [-0.39, 0.29) is 19.1 Å². The number of halogens is 1. The van der Waals surface area contributed by atoms with Crippen LogP contribution in [0, 0.1) is 0 Å². The molecule has 0 fully saturated rings. The predicted octanol–water partition coefficient (Wildman–Crippen LogP) is 1.13. The highest BCUT2D eigenvalue weighted by atomic mass is 35.5. The fraction of sp³-hybridized carbons (Fsp3) is 0.250. The quantitative estimate of drug-likeness (QED) is 0.830. The van der Waals surface area contributed by atoms with Crippen LogP contribution in [0.2, 0.25) is 5.02 Å². The van der Waals surface area contributed by atoms with E-state index in [9.17, 15) is 4.79 Å². The first-order chi connectivity index (χ1) is 9.17. The Bertz CT molecular complexity index is 553. The molecule has 0 aliphatic rings. The average molecular weight is 281 g/mol. The summed E-state index contributed by atoms with van der Waals surface area (Å²) in [5.74, 6) is -0.386. The third kappa shape index (κ3) is 4.04. The Morgan fingerprint density at radius 3 is 2.74 bits per heavy atom. The van der Waals surface area contributed by atoms with Crippen LogP contribution in [0.3, 0.4) is 0 Å². The minimum absolute atomic E-state index is 0.0145. The van der Waals surface area contributed by atoms with Crippen LogP contribution >= 0.6 is 11.6 Å². The monoisotopic (exact) mass is 280 g/mol. The van der Waals surface area contributed by atoms with Crippen molar-refractivity contribution in [2.75, 3.05) is 0 Å². The van der Waals surface area contributed by atoms with Crippen molar-refractivity contribution in [3.63, 3.8) is 0 Å². The number of ether oxygens (including phenoxy) is 1. The number of esters is 1. The van der Waals surface area contributed by atoms with Crippen LogP contribution in [0.25, 0.3) is 0 Å². The zero-order chi connectivity index (χ0) is 13.7. The van der Waals surface area contributed by atoms with Gasteiger partial charge >= 0.3 is 5.97 Å². The Hall–Kier alpha value is -1.92. The summed E-state index contributed by atoms with van der Waals surface area (Å²) in [5, 5.41) is 8.19. The van der Waals surface area contributed by atoms with E-state index in [0.717, 1.165) is 5.56 Å². The Labute approximate surface area is 115 Å². The van der Waals surface area contributed by atoms with Crippen molar-refractivity contribution in [3.8, 4) is 0 Å². The first-order valence-electron chi connectivity index (χ1n) is 5.66. The molecule has 2 N–H and O–H groups in total. The average Bonchev–Trinajstić information content (AvgIpc) is 2.86. The van der Waals surface area contributed by atoms with E-state index >= 15 is 0 Å². The highest BCUT2D eigenvalue weighted by Gasteiger charge is 2.07. The summed E-state index contributed by atoms with van der Waals surface area (Å²) in [6.45, 7) is 0.509. The van der Waals surface area contributed by atoms with E-state index < -0.39 is 0 Å². The van der Waals surface area contributed by atoms with Gasteiger partial charge in [0.25, 0.3) is 0 Å². The molecular weight excluding hydrogens is 268 g/mol. The van der Waals surface area contributed by atoms with Crippen LogP contribution in [0.4, 0.5) is 0 Å². The van der Waals surface area contributed by atoms with Gasteiger partial charge in [0.2, 0.25) is 0 Å². The lowest BCUT2D eigenvalue weighted by Gasteiger charge is -2.04. The smallest absolute Gasteiger partial charge is 0.328 e. The molecule has 0 saturated carbocycles. The molecule has 0 unspecified atom stereocenters. The molecule has 7 heteroatoms. The van der Waals surface area contributed by atoms with Gasteiger partial charge in [-0.15, -0.1) is 5.10 Å². The number of aromatic nitrogens is 3. The summed E-state index contributed by atoms with van der Waals surface area (Å²) in [4.78, 5) is 11.6. The van der Waals surface area contributed by atoms with Crippen LogP contribution in [-0.2, 0) is 29.2 Å². The number of nitrogens with zero attached hydrogens (tertiary/aromatic N) is 3. The van der Waals surface area contributed by atoms with Crippen molar-refractivity contribution in [3.05, 3.63) is 46.7 Å². The molecule has 0 bridgehead atoms. The molecule has 1 aromatic carbocycles. The Morgan fingerprint density at radius 1 is 1.37 bits per heavy atom. The maximum Gasteiger partial charge on any atom is 0.328 e. The molecule has 2 aromatic rings. The van der Waals surface area contributed by atoms with Crippen molar-refractivity contribution >= 4 is 17.6 Å². The molecule has 0 aliphatic heterocycles. The molecule has 6 nitrogen and oxygen atoms in total. The third-order valence-corrected chi connectivity index (χ3v) is 2.65. The van der Waals surface area contributed by atoms with Crippen LogP contribution in [0.5, 0.6) is 0 Å². The lowest BCUT2D eigenvalue weighted by molar-refractivity contribution is -0.145. The number of carbonyl (C=O) groups excluding carboxylic acids is 1. The second-order valence-electron chi connectivity index (χ2n) is 3.90. The van der Waals surface area contributed by atoms with Crippen molar-refractivity contribution in [1.82, 2.24) is 15.0 Å². The number of benzene rings is 1. The van der Waals surface area contributed by atoms with Crippen molar-refractivity contribution in [2.45, 2.75) is 19.7 Å². The summed E-state index contributed by atoms with van der Waals surface area (Å²) in [6.07, 6.45) is 1.61. The third-order valence-electron chi connectivity index (χ3n) is 2.40. The van der Waals surface area contributed by atoms with Crippen molar-refractivity contribution in [1.29, 1.82) is 0 Å². The molecule has 0 spiro atoms. The van der Waals surface area contributed by atoms with Crippen molar-refractivity contribution in [2.24, 2.45) is 5.73 Å². The minimum atomic E-state index is -0.386. The normalized spacial score (nSPS) is 10.4. The van der Waals surface area contributed by atoms with E-state index in [1.807, 2.05) is 0 Å². The second-order valence-corrected chi connectivity index (χ2v) is 4.34. The summed E-state index contributed by atoms with van der Waals surface area (Å²) in [5.41, 5.74) is 6.90. The van der Waals surface area contributed by atoms with E-state index in [4.69, 9.17) is 22.1 Å². The van der Waals surface area contributed by atoms with Gasteiger partial charge in [0.15, 0.2) is 0 Å². The van der Waals surface area contributed by atoms with Crippen LogP contribution in [0.1, 0.15) is 11.3 Å². The highest BCUT2D eigenvalue weighted by molar-refractivity contribution is 6.30. The van der Waals surface area contributed by atoms with Gasteiger partial charge < -0.3 is 10.5 Å². The number of hydrogen-bond donors (Lipinski definition) is 1. The Balaban J connectivity index is 1.82. The van der Waals surface area contributed by atoms with Gasteiger partial charge in [-0.25, -0.2) is 4.68 Å². The molecule has 19 heavy (non-hydrogen) atoms. The molecule has 1 aromatic heterocycles. The molecule has 100 valence electrons. The second kappa shape index (κ2) is 6.31. The molecule has 0 radical (unpaired) electrons. The molecular formula is C12H13ClN4O2. The lowest BCUT2D eigenvalue weighted by Crippen LogP contribution is -2.14. The number of carbonyl (C=O) groups is 1. The number of rotatable bonds is 5. The van der Waals surface area contributed by atoms with Crippen LogP contribution < -0.4 is 5.73 Å². The van der Waals surface area contributed by atoms with Gasteiger partial charge in [-0.05, 0) is 17.7 Å². The molecule has 1 heterocycles. The predicted molar refractivity (Wildman–Crippen MR) is 69.2 cm³/mol. The zero-order valence-electron chi connectivity index (χ0n) is 10.1. The topological polar surface area (TPSA) is 83.0 Å². The molecule has 0 aliphatic carbocycles. The van der Waals surface area contributed by atoms with Gasteiger partial charge in [0.1, 0.15) is 13.2 Å². The highest BCUT2D eigenvalue weighted by Crippen LogP contribution is 2.10. The maximum atomic E-state index is 11.6. The largest absolute Gasteiger partial charge is 0.459 e. The van der Waals surface area contributed by atoms with Gasteiger partial charge in [-0.2, -0.15) is 0 Å². The SMILES string of the molecule is NCc1cn(CC(=O)OCc2ccc(Cl)cc2)nn1. The van der Waals surface area contributed by atoms with Gasteiger partial charge in [0.05, 0.1) is 11.9 Å². The van der Waals surface area contributed by atoms with E-state index in [1.54, 1.807) is 30.5 Å². The molecule has 0 amide bonds. The van der Waals surface area contributed by atoms with Crippen LogP contribution in [0.15, 0.2) is 30.5 Å². The summed E-state index contributed by atoms with van der Waals surface area (Å²) in [6, 6.07) is 7.10. The fourth-order valence-electron chi connectivity index (χ4n) is 1.43. The Kier molecular flexibility index (Phi) is 4.48. The van der Waals surface area contributed by atoms with E-state index in [2.05, 4.69) is 10.3 Å². The van der Waals surface area contributed by atoms with Gasteiger partial charge in [0, 0.05) is 11.6 Å².